The number of anilines is 1. The van der Waals surface area contributed by atoms with Crippen molar-refractivity contribution < 1.29 is 4.79 Å². The van der Waals surface area contributed by atoms with Crippen molar-refractivity contribution in [3.05, 3.63) is 56.4 Å². The highest BCUT2D eigenvalue weighted by atomic mass is 32.1. The lowest BCUT2D eigenvalue weighted by atomic mass is 10.0. The lowest BCUT2D eigenvalue weighted by molar-refractivity contribution is 0.103. The molecule has 1 aromatic carbocycles. The van der Waals surface area contributed by atoms with Crippen molar-refractivity contribution in [2.24, 2.45) is 0 Å². The average molecular weight is 425 g/mol. The number of carbonyl (C=O) groups is 1. The largest absolute Gasteiger partial charge is 0.321 e. The summed E-state index contributed by atoms with van der Waals surface area (Å²) in [4.78, 5) is 34.9. The number of thiophene rings is 1. The summed E-state index contributed by atoms with van der Waals surface area (Å²) in [5, 5.41) is 3.58. The molecular formula is C23H28N4O2S. The molecule has 1 amide bonds. The maximum atomic E-state index is 13.5. The van der Waals surface area contributed by atoms with Crippen LogP contribution in [0.25, 0.3) is 10.2 Å². The Hall–Kier alpha value is -2.51. The van der Waals surface area contributed by atoms with Gasteiger partial charge < -0.3 is 10.2 Å². The van der Waals surface area contributed by atoms with Crippen molar-refractivity contribution in [2.75, 3.05) is 25.5 Å². The van der Waals surface area contributed by atoms with Crippen LogP contribution in [0, 0.1) is 13.8 Å². The van der Waals surface area contributed by atoms with E-state index < -0.39 is 0 Å². The highest BCUT2D eigenvalue weighted by molar-refractivity contribution is 7.20. The second kappa shape index (κ2) is 8.32. The molecule has 158 valence electrons. The number of piperidine rings is 1. The fourth-order valence-corrected chi connectivity index (χ4v) is 5.31. The van der Waals surface area contributed by atoms with E-state index in [0.717, 1.165) is 48.6 Å². The van der Waals surface area contributed by atoms with Crippen LogP contribution in [-0.2, 0) is 6.42 Å². The third-order valence-electron chi connectivity index (χ3n) is 6.04. The number of amides is 1. The van der Waals surface area contributed by atoms with Gasteiger partial charge in [0.25, 0.3) is 11.5 Å². The maximum absolute atomic E-state index is 13.5. The minimum Gasteiger partial charge on any atom is -0.321 e. The van der Waals surface area contributed by atoms with Gasteiger partial charge in [0.15, 0.2) is 0 Å². The normalized spacial score (nSPS) is 15.6. The molecule has 7 heteroatoms. The number of carbonyl (C=O) groups excluding carboxylic acids is 1. The molecule has 0 spiro atoms. The van der Waals surface area contributed by atoms with Gasteiger partial charge in [-0.3, -0.25) is 14.2 Å². The van der Waals surface area contributed by atoms with E-state index in [9.17, 15) is 9.59 Å². The van der Waals surface area contributed by atoms with Gasteiger partial charge in [-0.2, -0.15) is 0 Å². The standard InChI is InChI=1S/C23H28N4O2S/c1-5-18-25-22-19(23(29)27(18)16-10-12-26(4)13-11-16)15(3)20(30-22)21(28)24-17-9-7-6-8-14(17)2/h6-9,16H,5,10-13H2,1-4H3,(H,24,28). The Labute approximate surface area is 180 Å². The zero-order valence-electron chi connectivity index (χ0n) is 18.0. The zero-order chi connectivity index (χ0) is 21.4. The summed E-state index contributed by atoms with van der Waals surface area (Å²) in [5.41, 5.74) is 2.50. The van der Waals surface area contributed by atoms with Gasteiger partial charge in [0.05, 0.1) is 10.3 Å². The number of nitrogens with one attached hydrogen (secondary N) is 1. The van der Waals surface area contributed by atoms with Crippen LogP contribution < -0.4 is 10.9 Å². The second-order valence-electron chi connectivity index (χ2n) is 8.10. The van der Waals surface area contributed by atoms with Gasteiger partial charge in [-0.15, -0.1) is 11.3 Å². The summed E-state index contributed by atoms with van der Waals surface area (Å²) >= 11 is 1.31. The van der Waals surface area contributed by atoms with Crippen molar-refractivity contribution in [3.8, 4) is 0 Å². The third kappa shape index (κ3) is 3.68. The molecule has 4 rings (SSSR count). The first-order valence-electron chi connectivity index (χ1n) is 10.5. The van der Waals surface area contributed by atoms with E-state index in [1.807, 2.05) is 49.6 Å². The van der Waals surface area contributed by atoms with Crippen LogP contribution in [0.4, 0.5) is 5.69 Å². The van der Waals surface area contributed by atoms with Crippen LogP contribution in [-0.4, -0.2) is 40.5 Å². The zero-order valence-corrected chi connectivity index (χ0v) is 18.8. The lowest BCUT2D eigenvalue weighted by Gasteiger charge is -2.31. The van der Waals surface area contributed by atoms with Crippen LogP contribution in [0.1, 0.15) is 52.4 Å². The fraction of sp³-hybridized carbons (Fsp3) is 0.435. The number of rotatable bonds is 4. The van der Waals surface area contributed by atoms with E-state index in [0.29, 0.717) is 21.5 Å². The molecule has 0 atom stereocenters. The van der Waals surface area contributed by atoms with Gasteiger partial charge in [0.2, 0.25) is 0 Å². The summed E-state index contributed by atoms with van der Waals surface area (Å²) in [6.45, 7) is 7.81. The summed E-state index contributed by atoms with van der Waals surface area (Å²) in [5.74, 6) is 0.627. The molecule has 1 aliphatic rings. The summed E-state index contributed by atoms with van der Waals surface area (Å²) in [7, 11) is 2.11. The van der Waals surface area contributed by atoms with Gasteiger partial charge in [-0.25, -0.2) is 4.98 Å². The Kier molecular flexibility index (Phi) is 5.75. The molecule has 1 aliphatic heterocycles. The molecule has 1 N–H and O–H groups in total. The lowest BCUT2D eigenvalue weighted by Crippen LogP contribution is -2.37. The molecule has 0 saturated carbocycles. The molecule has 1 saturated heterocycles. The van der Waals surface area contributed by atoms with Crippen molar-refractivity contribution >= 4 is 33.1 Å². The van der Waals surface area contributed by atoms with E-state index in [2.05, 4.69) is 17.3 Å². The van der Waals surface area contributed by atoms with Crippen LogP contribution in [0.3, 0.4) is 0 Å². The maximum Gasteiger partial charge on any atom is 0.266 e. The number of hydrogen-bond acceptors (Lipinski definition) is 5. The number of aryl methyl sites for hydroxylation is 3. The minimum atomic E-state index is -0.187. The number of hydrogen-bond donors (Lipinski definition) is 1. The Morgan fingerprint density at radius 1 is 1.23 bits per heavy atom. The van der Waals surface area contributed by atoms with Gasteiger partial charge in [0.1, 0.15) is 10.7 Å². The summed E-state index contributed by atoms with van der Waals surface area (Å²) < 4.78 is 1.90. The highest BCUT2D eigenvalue weighted by Gasteiger charge is 2.26. The SMILES string of the molecule is CCc1nc2sc(C(=O)Nc3ccccc3C)c(C)c2c(=O)n1C1CCN(C)CC1. The van der Waals surface area contributed by atoms with Crippen molar-refractivity contribution in [1.29, 1.82) is 0 Å². The molecule has 0 radical (unpaired) electrons. The third-order valence-corrected chi connectivity index (χ3v) is 7.22. The molecule has 3 aromatic rings. The molecule has 2 aromatic heterocycles. The van der Waals surface area contributed by atoms with Gasteiger partial charge in [-0.05, 0) is 64.0 Å². The quantitative estimate of drug-likeness (QED) is 0.683. The molecule has 0 bridgehead atoms. The first kappa shape index (κ1) is 20.8. The molecule has 0 aliphatic carbocycles. The number of fused-ring (bicyclic) bond motifs is 1. The van der Waals surface area contributed by atoms with Crippen molar-refractivity contribution in [2.45, 2.75) is 46.1 Å². The first-order valence-corrected chi connectivity index (χ1v) is 11.3. The number of benzene rings is 1. The molecule has 1 fully saturated rings. The number of nitrogens with zero attached hydrogens (tertiary/aromatic N) is 3. The Morgan fingerprint density at radius 3 is 2.60 bits per heavy atom. The van der Waals surface area contributed by atoms with Gasteiger partial charge >= 0.3 is 0 Å². The Bertz CT molecular complexity index is 1160. The van der Waals surface area contributed by atoms with Crippen LogP contribution in [0.5, 0.6) is 0 Å². The van der Waals surface area contributed by atoms with E-state index in [1.165, 1.54) is 11.3 Å². The van der Waals surface area contributed by atoms with Gasteiger partial charge in [0, 0.05) is 18.2 Å². The van der Waals surface area contributed by atoms with E-state index >= 15 is 0 Å². The number of aromatic nitrogens is 2. The highest BCUT2D eigenvalue weighted by Crippen LogP contribution is 2.30. The first-order chi connectivity index (χ1) is 14.4. The number of likely N-dealkylation sites (tertiary alicyclic amines) is 1. The Balaban J connectivity index is 1.77. The smallest absolute Gasteiger partial charge is 0.266 e. The van der Waals surface area contributed by atoms with Crippen LogP contribution >= 0.6 is 11.3 Å². The van der Waals surface area contributed by atoms with Gasteiger partial charge in [-0.1, -0.05) is 25.1 Å². The minimum absolute atomic E-state index is 0.00454. The summed E-state index contributed by atoms with van der Waals surface area (Å²) in [6.07, 6.45) is 2.58. The fourth-order valence-electron chi connectivity index (χ4n) is 4.23. The van der Waals surface area contributed by atoms with Crippen LogP contribution in [0.15, 0.2) is 29.1 Å². The monoisotopic (exact) mass is 424 g/mol. The predicted octanol–water partition coefficient (Wildman–Crippen LogP) is 4.16. The molecule has 0 unspecified atom stereocenters. The molecule has 6 nitrogen and oxygen atoms in total. The summed E-state index contributed by atoms with van der Waals surface area (Å²) in [6, 6.07) is 7.86. The Morgan fingerprint density at radius 2 is 1.93 bits per heavy atom. The van der Waals surface area contributed by atoms with E-state index in [4.69, 9.17) is 4.98 Å². The number of para-hydroxylation sites is 1. The topological polar surface area (TPSA) is 67.2 Å². The van der Waals surface area contributed by atoms with Crippen molar-refractivity contribution in [1.82, 2.24) is 14.5 Å². The molecular weight excluding hydrogens is 396 g/mol. The van der Waals surface area contributed by atoms with E-state index in [-0.39, 0.29) is 17.5 Å². The van der Waals surface area contributed by atoms with Crippen molar-refractivity contribution in [3.63, 3.8) is 0 Å². The van der Waals surface area contributed by atoms with E-state index in [1.54, 1.807) is 0 Å². The van der Waals surface area contributed by atoms with Crippen LogP contribution in [0.2, 0.25) is 0 Å². The second-order valence-corrected chi connectivity index (χ2v) is 9.10. The average Bonchev–Trinajstić information content (AvgIpc) is 3.07. The predicted molar refractivity (Wildman–Crippen MR) is 123 cm³/mol. The molecule has 30 heavy (non-hydrogen) atoms. The molecule has 3 heterocycles.